The number of carbonyl (C=O) groups is 5. The molecule has 3 aliphatic rings. The second-order valence-corrected chi connectivity index (χ2v) is 15.4. The highest BCUT2D eigenvalue weighted by molar-refractivity contribution is 5.96. The lowest BCUT2D eigenvalue weighted by Gasteiger charge is -2.30. The van der Waals surface area contributed by atoms with Crippen molar-refractivity contribution in [2.45, 2.75) is 140 Å². The van der Waals surface area contributed by atoms with Gasteiger partial charge in [0.2, 0.25) is 29.5 Å². The highest BCUT2D eigenvalue weighted by Gasteiger charge is 2.37. The summed E-state index contributed by atoms with van der Waals surface area (Å²) in [6.07, 6.45) is 15.4. The molecule has 1 saturated carbocycles. The minimum atomic E-state index is -1.06. The number of nitrogens with two attached hydrogens (primary N) is 1. The van der Waals surface area contributed by atoms with Gasteiger partial charge in [-0.15, -0.1) is 0 Å². The number of rotatable bonds is 8. The monoisotopic (exact) mass is 747 g/mol. The van der Waals surface area contributed by atoms with Crippen molar-refractivity contribution in [1.29, 1.82) is 5.41 Å². The van der Waals surface area contributed by atoms with Gasteiger partial charge in [0.15, 0.2) is 5.96 Å². The van der Waals surface area contributed by atoms with E-state index in [0.29, 0.717) is 51.7 Å². The molecule has 54 heavy (non-hydrogen) atoms. The number of fused-ring (bicyclic) bond motifs is 2. The van der Waals surface area contributed by atoms with E-state index in [4.69, 9.17) is 11.1 Å². The van der Waals surface area contributed by atoms with Crippen LogP contribution in [0.4, 0.5) is 0 Å². The predicted octanol–water partition coefficient (Wildman–Crippen LogP) is 3.25. The van der Waals surface area contributed by atoms with Crippen LogP contribution in [0.3, 0.4) is 0 Å². The van der Waals surface area contributed by atoms with Crippen molar-refractivity contribution in [3.05, 3.63) is 36.0 Å². The molecule has 0 bridgehead atoms. The quantitative estimate of drug-likeness (QED) is 0.115. The van der Waals surface area contributed by atoms with E-state index in [1.807, 2.05) is 30.5 Å². The number of hydrogen-bond acceptors (Lipinski definition) is 6. The summed E-state index contributed by atoms with van der Waals surface area (Å²) in [5.41, 5.74) is 7.19. The average molecular weight is 748 g/mol. The molecule has 14 nitrogen and oxygen atoms in total. The Labute approximate surface area is 318 Å². The fourth-order valence-corrected chi connectivity index (χ4v) is 8.25. The number of guanidine groups is 1. The van der Waals surface area contributed by atoms with Gasteiger partial charge in [-0.1, -0.05) is 76.0 Å². The summed E-state index contributed by atoms with van der Waals surface area (Å²) in [7, 11) is 0. The average Bonchev–Trinajstić information content (AvgIpc) is 3.82. The Morgan fingerprint density at radius 1 is 0.778 bits per heavy atom. The molecule has 14 heteroatoms. The van der Waals surface area contributed by atoms with Crippen molar-refractivity contribution in [2.75, 3.05) is 19.6 Å². The van der Waals surface area contributed by atoms with Crippen LogP contribution >= 0.6 is 0 Å². The van der Waals surface area contributed by atoms with Crippen molar-refractivity contribution in [3.63, 3.8) is 0 Å². The van der Waals surface area contributed by atoms with Crippen LogP contribution in [-0.2, 0) is 30.4 Å². The molecule has 9 N–H and O–H groups in total. The largest absolute Gasteiger partial charge is 0.370 e. The van der Waals surface area contributed by atoms with Gasteiger partial charge in [-0.3, -0.25) is 29.4 Å². The van der Waals surface area contributed by atoms with Gasteiger partial charge in [0.05, 0.1) is 0 Å². The van der Waals surface area contributed by atoms with Gasteiger partial charge < -0.3 is 42.2 Å². The number of nitrogens with zero attached hydrogens (tertiary/aromatic N) is 1. The summed E-state index contributed by atoms with van der Waals surface area (Å²) in [5.74, 6) is -1.56. The molecular weight excluding hydrogens is 686 g/mol. The second-order valence-electron chi connectivity index (χ2n) is 15.4. The first-order valence-corrected chi connectivity index (χ1v) is 20.3. The normalized spacial score (nSPS) is 25.0. The molecule has 2 aliphatic heterocycles. The van der Waals surface area contributed by atoms with Crippen LogP contribution in [0.15, 0.2) is 30.5 Å². The van der Waals surface area contributed by atoms with E-state index in [-0.39, 0.29) is 36.0 Å². The van der Waals surface area contributed by atoms with E-state index in [0.717, 1.165) is 93.5 Å². The van der Waals surface area contributed by atoms with Crippen LogP contribution in [0.25, 0.3) is 10.9 Å². The van der Waals surface area contributed by atoms with E-state index in [1.165, 1.54) is 0 Å². The number of amides is 5. The second kappa shape index (κ2) is 20.7. The molecule has 3 heterocycles. The zero-order chi connectivity index (χ0) is 38.3. The Balaban J connectivity index is 1.42. The Hall–Kier alpha value is -4.62. The molecule has 296 valence electrons. The third-order valence-electron chi connectivity index (χ3n) is 11.3. The number of para-hydroxylation sites is 1. The summed E-state index contributed by atoms with van der Waals surface area (Å²) in [5, 5.41) is 23.1. The SMILES string of the molecule is N=C(N)NCCC[C@@H]1NC(=O)[C@H](Cc2c[nH]c3ccccc23)NC(=O)[C@@H](CC2CCCCC2)NC(=O)[C@@H]2CCCN2C(=O)CCCCCCCCNC1=O. The lowest BCUT2D eigenvalue weighted by Crippen LogP contribution is -2.59. The first-order valence-electron chi connectivity index (χ1n) is 20.3. The minimum Gasteiger partial charge on any atom is -0.370 e. The smallest absolute Gasteiger partial charge is 0.243 e. The van der Waals surface area contributed by atoms with Crippen LogP contribution in [-0.4, -0.2) is 89.2 Å². The molecule has 1 aromatic carbocycles. The highest BCUT2D eigenvalue weighted by atomic mass is 16.2. The van der Waals surface area contributed by atoms with Crippen molar-refractivity contribution in [2.24, 2.45) is 11.7 Å². The Morgan fingerprint density at radius 3 is 2.26 bits per heavy atom. The first-order chi connectivity index (χ1) is 26.2. The van der Waals surface area contributed by atoms with Crippen LogP contribution < -0.4 is 32.3 Å². The third kappa shape index (κ3) is 11.9. The van der Waals surface area contributed by atoms with Crippen molar-refractivity contribution in [1.82, 2.24) is 36.5 Å². The summed E-state index contributed by atoms with van der Waals surface area (Å²) < 4.78 is 0. The molecule has 2 saturated heterocycles. The number of aromatic amines is 1. The maximum absolute atomic E-state index is 14.4. The topological polar surface area (TPSA) is 214 Å². The van der Waals surface area contributed by atoms with Crippen molar-refractivity contribution >= 4 is 46.4 Å². The maximum Gasteiger partial charge on any atom is 0.243 e. The van der Waals surface area contributed by atoms with Crippen molar-refractivity contribution < 1.29 is 24.0 Å². The molecule has 5 amide bonds. The number of nitrogens with one attached hydrogen (secondary N) is 7. The van der Waals surface area contributed by atoms with Gasteiger partial charge >= 0.3 is 0 Å². The lowest BCUT2D eigenvalue weighted by molar-refractivity contribution is -0.140. The first kappa shape index (κ1) is 40.6. The summed E-state index contributed by atoms with van der Waals surface area (Å²) in [6.45, 7) is 1.35. The van der Waals surface area contributed by atoms with Gasteiger partial charge in [-0.25, -0.2) is 0 Å². The zero-order valence-electron chi connectivity index (χ0n) is 31.7. The summed E-state index contributed by atoms with van der Waals surface area (Å²) in [4.78, 5) is 74.4. The van der Waals surface area contributed by atoms with Gasteiger partial charge in [0.25, 0.3) is 0 Å². The van der Waals surface area contributed by atoms with Gasteiger partial charge in [0, 0.05) is 49.6 Å². The molecule has 1 aliphatic carbocycles. The lowest BCUT2D eigenvalue weighted by atomic mass is 9.84. The molecule has 5 rings (SSSR count). The van der Waals surface area contributed by atoms with Crippen LogP contribution in [0, 0.1) is 11.3 Å². The van der Waals surface area contributed by atoms with Crippen LogP contribution in [0.5, 0.6) is 0 Å². The van der Waals surface area contributed by atoms with E-state index < -0.39 is 36.0 Å². The summed E-state index contributed by atoms with van der Waals surface area (Å²) in [6, 6.07) is 4.27. The molecule has 0 unspecified atom stereocenters. The molecule has 4 atom stereocenters. The number of benzene rings is 1. The van der Waals surface area contributed by atoms with Gasteiger partial charge in [-0.05, 0) is 62.5 Å². The van der Waals surface area contributed by atoms with Crippen LogP contribution in [0.1, 0.15) is 115 Å². The van der Waals surface area contributed by atoms with E-state index >= 15 is 0 Å². The minimum absolute atomic E-state index is 0.0205. The van der Waals surface area contributed by atoms with Gasteiger partial charge in [-0.2, -0.15) is 0 Å². The summed E-state index contributed by atoms with van der Waals surface area (Å²) >= 11 is 0. The number of carbonyl (C=O) groups excluding carboxylic acids is 5. The van der Waals surface area contributed by atoms with Crippen LogP contribution in [0.2, 0.25) is 0 Å². The maximum atomic E-state index is 14.4. The Bertz CT molecular complexity index is 1590. The zero-order valence-corrected chi connectivity index (χ0v) is 31.7. The van der Waals surface area contributed by atoms with Gasteiger partial charge in [0.1, 0.15) is 24.2 Å². The molecule has 0 spiro atoms. The number of hydrogen-bond donors (Lipinski definition) is 8. The predicted molar refractivity (Wildman–Crippen MR) is 208 cm³/mol. The molecular formula is C40H61N9O5. The third-order valence-corrected chi connectivity index (χ3v) is 11.3. The Kier molecular flexibility index (Phi) is 15.6. The van der Waals surface area contributed by atoms with E-state index in [2.05, 4.69) is 31.6 Å². The molecule has 2 aromatic rings. The van der Waals surface area contributed by atoms with E-state index in [1.54, 1.807) is 4.90 Å². The van der Waals surface area contributed by atoms with E-state index in [9.17, 15) is 24.0 Å². The molecule has 3 fully saturated rings. The Morgan fingerprint density at radius 2 is 1.46 bits per heavy atom. The fraction of sp³-hybridized carbons (Fsp3) is 0.650. The van der Waals surface area contributed by atoms with Crippen molar-refractivity contribution in [3.8, 4) is 0 Å². The molecule has 0 radical (unpaired) electrons. The molecule has 1 aromatic heterocycles. The number of H-pyrrole nitrogens is 1. The number of aromatic nitrogens is 1. The standard InChI is InChI=1S/C40H61N9O5/c41-40(42)44-22-12-18-31-36(51)43-21-11-4-2-1-3-8-20-35(50)49-23-13-19-34(49)39(54)48-32(24-27-14-6-5-7-15-27)37(52)47-33(38(53)46-31)25-28-26-45-30-17-10-9-16-29(28)30/h9-10,16-17,26-27,31-34,45H,1-8,11-15,18-25H2,(H,43,51)(H,46,53)(H,47,52)(H,48,54)(H4,41,42,44)/t31-,32+,33-,34-/m0/s1. The highest BCUT2D eigenvalue weighted by Crippen LogP contribution is 2.28. The fourth-order valence-electron chi connectivity index (χ4n) is 8.25.